The van der Waals surface area contributed by atoms with Crippen LogP contribution in [0.2, 0.25) is 0 Å². The molecule has 2 saturated carbocycles. The number of Topliss-reactive ketones (excluding diaryl/α,β-unsaturated/α-hetero) is 2. The predicted octanol–water partition coefficient (Wildman–Crippen LogP) is 2.16. The molecular weight excluding hydrogens is 378 g/mol. The maximum absolute atomic E-state index is 13.3. The number of esters is 2. The Morgan fingerprint density at radius 3 is 1.79 bits per heavy atom. The average molecular weight is 401 g/mol. The maximum atomic E-state index is 13.3. The van der Waals surface area contributed by atoms with Crippen molar-refractivity contribution in [1.29, 1.82) is 0 Å². The molecule has 2 aliphatic carbocycles. The quantitative estimate of drug-likeness (QED) is 0.467. The first-order valence-corrected chi connectivity index (χ1v) is 9.18. The predicted molar refractivity (Wildman–Crippen MR) is 101 cm³/mol. The van der Waals surface area contributed by atoms with Gasteiger partial charge in [0.15, 0.2) is 0 Å². The van der Waals surface area contributed by atoms with Gasteiger partial charge in [0.2, 0.25) is 17.5 Å². The zero-order chi connectivity index (χ0) is 21.8. The summed E-state index contributed by atoms with van der Waals surface area (Å²) in [6, 6.07) is 3.97. The van der Waals surface area contributed by atoms with Crippen molar-refractivity contribution in [3.8, 4) is 0 Å². The molecule has 154 valence electrons. The number of carbonyl (C=O) groups excluding carboxylic acids is 5. The highest BCUT2D eigenvalue weighted by Gasteiger charge is 2.77. The summed E-state index contributed by atoms with van der Waals surface area (Å²) in [5.41, 5.74) is -3.06. The summed E-state index contributed by atoms with van der Waals surface area (Å²) < 4.78 is 9.37. The molecule has 0 heterocycles. The van der Waals surface area contributed by atoms with Crippen LogP contribution in [0.3, 0.4) is 0 Å². The number of carbonyl (C=O) groups is 5. The Kier molecular flexibility index (Phi) is 4.64. The Balaban J connectivity index is 2.03. The zero-order valence-corrected chi connectivity index (χ0v) is 17.0. The number of hydrogen-bond acceptors (Lipinski definition) is 7. The second kappa shape index (κ2) is 6.50. The fourth-order valence-electron chi connectivity index (χ4n) is 4.68. The van der Waals surface area contributed by atoms with Crippen molar-refractivity contribution in [2.24, 2.45) is 16.2 Å². The van der Waals surface area contributed by atoms with Crippen LogP contribution in [0.15, 0.2) is 18.2 Å². The lowest BCUT2D eigenvalue weighted by atomic mass is 9.64. The lowest BCUT2D eigenvalue weighted by Crippen LogP contribution is -2.47. The molecule has 8 heteroatoms. The number of nitrogens with one attached hydrogen (secondary N) is 1. The third-order valence-corrected chi connectivity index (χ3v) is 6.96. The number of hydrogen-bond donors (Lipinski definition) is 1. The van der Waals surface area contributed by atoms with Crippen LogP contribution in [0.5, 0.6) is 0 Å². The molecular formula is C21H23NO7. The Hall–Kier alpha value is -3.03. The molecule has 0 saturated heterocycles. The number of methoxy groups -OCH3 is 2. The molecule has 1 N–H and O–H groups in total. The van der Waals surface area contributed by atoms with Gasteiger partial charge in [0.1, 0.15) is 5.41 Å². The number of benzene rings is 1. The van der Waals surface area contributed by atoms with Crippen molar-refractivity contribution in [2.45, 2.75) is 33.6 Å². The SMILES string of the molecule is COC(=O)c1cc(NC(=O)[C@]23CC[C@](C)(C(=O)C2=O)C3(C)C)cc(C(=O)OC)c1. The van der Waals surface area contributed by atoms with E-state index >= 15 is 0 Å². The van der Waals surface area contributed by atoms with Gasteiger partial charge in [-0.3, -0.25) is 14.4 Å². The van der Waals surface area contributed by atoms with Crippen molar-refractivity contribution in [1.82, 2.24) is 0 Å². The van der Waals surface area contributed by atoms with Crippen molar-refractivity contribution in [3.05, 3.63) is 29.3 Å². The van der Waals surface area contributed by atoms with E-state index in [1.165, 1.54) is 32.4 Å². The second-order valence-corrected chi connectivity index (χ2v) is 8.26. The molecule has 0 aromatic heterocycles. The molecule has 8 nitrogen and oxygen atoms in total. The molecule has 1 aromatic carbocycles. The van der Waals surface area contributed by atoms with E-state index in [0.717, 1.165) is 0 Å². The first-order chi connectivity index (χ1) is 13.5. The van der Waals surface area contributed by atoms with Gasteiger partial charge in [0.25, 0.3) is 0 Å². The van der Waals surface area contributed by atoms with Crippen molar-refractivity contribution >= 4 is 35.1 Å². The number of ether oxygens (including phenoxy) is 2. The van der Waals surface area contributed by atoms with Crippen molar-refractivity contribution in [3.63, 3.8) is 0 Å². The third kappa shape index (κ3) is 2.54. The molecule has 1 amide bonds. The van der Waals surface area contributed by atoms with E-state index in [9.17, 15) is 24.0 Å². The van der Waals surface area contributed by atoms with E-state index in [-0.39, 0.29) is 23.2 Å². The number of ketones is 2. The minimum Gasteiger partial charge on any atom is -0.465 e. The number of amides is 1. The molecule has 1 aromatic rings. The fourth-order valence-corrected chi connectivity index (χ4v) is 4.68. The van der Waals surface area contributed by atoms with Gasteiger partial charge >= 0.3 is 11.9 Å². The van der Waals surface area contributed by atoms with Crippen LogP contribution in [0.25, 0.3) is 0 Å². The summed E-state index contributed by atoms with van der Waals surface area (Å²) in [6.45, 7) is 5.24. The van der Waals surface area contributed by atoms with Crippen LogP contribution in [-0.2, 0) is 23.9 Å². The van der Waals surface area contributed by atoms with E-state index in [1.54, 1.807) is 20.8 Å². The van der Waals surface area contributed by atoms with Crippen LogP contribution in [0.4, 0.5) is 5.69 Å². The summed E-state index contributed by atoms with van der Waals surface area (Å²) in [5, 5.41) is 2.64. The molecule has 0 aliphatic heterocycles. The number of rotatable bonds is 4. The van der Waals surface area contributed by atoms with Crippen molar-refractivity contribution in [2.75, 3.05) is 19.5 Å². The second-order valence-electron chi connectivity index (χ2n) is 8.26. The highest BCUT2D eigenvalue weighted by atomic mass is 16.5. The molecule has 29 heavy (non-hydrogen) atoms. The summed E-state index contributed by atoms with van der Waals surface area (Å²) in [4.78, 5) is 62.6. The van der Waals surface area contributed by atoms with E-state index in [1.807, 2.05) is 0 Å². The van der Waals surface area contributed by atoms with E-state index < -0.39 is 45.7 Å². The first kappa shape index (κ1) is 20.7. The number of fused-ring (bicyclic) bond motifs is 2. The third-order valence-electron chi connectivity index (χ3n) is 6.96. The summed E-state index contributed by atoms with van der Waals surface area (Å²) >= 11 is 0. The standard InChI is InChI=1S/C21H23NO7/c1-19(2)20(3)6-7-21(19,15(24)14(20)23)18(27)22-13-9-11(16(25)28-4)8-12(10-13)17(26)29-5/h8-10H,6-7H2,1-5H3,(H,22,27)/t20-,21+/m1/s1. The van der Waals surface area contributed by atoms with Gasteiger partial charge in [-0.05, 0) is 36.5 Å². The Morgan fingerprint density at radius 1 is 0.862 bits per heavy atom. The van der Waals surface area contributed by atoms with Gasteiger partial charge in [-0.15, -0.1) is 0 Å². The topological polar surface area (TPSA) is 116 Å². The minimum absolute atomic E-state index is 0.0348. The molecule has 0 unspecified atom stereocenters. The zero-order valence-electron chi connectivity index (χ0n) is 17.0. The van der Waals surface area contributed by atoms with Crippen LogP contribution >= 0.6 is 0 Å². The van der Waals surface area contributed by atoms with E-state index in [2.05, 4.69) is 14.8 Å². The fraction of sp³-hybridized carbons (Fsp3) is 0.476. The normalized spacial score (nSPS) is 26.9. The molecule has 2 bridgehead atoms. The van der Waals surface area contributed by atoms with Crippen molar-refractivity contribution < 1.29 is 33.4 Å². The van der Waals surface area contributed by atoms with Gasteiger partial charge in [0.05, 0.1) is 25.3 Å². The van der Waals surface area contributed by atoms with Crippen LogP contribution in [-0.4, -0.2) is 43.6 Å². The molecule has 0 spiro atoms. The van der Waals surface area contributed by atoms with Gasteiger partial charge in [0, 0.05) is 11.1 Å². The van der Waals surface area contributed by atoms with Gasteiger partial charge < -0.3 is 14.8 Å². The highest BCUT2D eigenvalue weighted by molar-refractivity contribution is 6.49. The van der Waals surface area contributed by atoms with E-state index in [0.29, 0.717) is 6.42 Å². The lowest BCUT2D eigenvalue weighted by Gasteiger charge is -2.37. The molecule has 3 rings (SSSR count). The largest absolute Gasteiger partial charge is 0.465 e. The number of anilines is 1. The van der Waals surface area contributed by atoms with E-state index in [4.69, 9.17) is 0 Å². The Bertz CT molecular complexity index is 930. The molecule has 0 radical (unpaired) electrons. The molecule has 2 fully saturated rings. The average Bonchev–Trinajstić information content (AvgIpc) is 2.97. The van der Waals surface area contributed by atoms with Crippen LogP contribution in [0.1, 0.15) is 54.3 Å². The smallest absolute Gasteiger partial charge is 0.337 e. The Labute approximate surface area is 167 Å². The van der Waals surface area contributed by atoms with Crippen LogP contribution < -0.4 is 5.32 Å². The maximum Gasteiger partial charge on any atom is 0.337 e. The highest BCUT2D eigenvalue weighted by Crippen LogP contribution is 2.69. The lowest BCUT2D eigenvalue weighted by molar-refractivity contribution is -0.147. The summed E-state index contributed by atoms with van der Waals surface area (Å²) in [5.74, 6) is -3.25. The molecule has 2 aliphatic rings. The minimum atomic E-state index is -1.49. The summed E-state index contributed by atoms with van der Waals surface area (Å²) in [6.07, 6.45) is 0.695. The van der Waals surface area contributed by atoms with Crippen LogP contribution in [0, 0.1) is 16.2 Å². The van der Waals surface area contributed by atoms with Gasteiger partial charge in [-0.1, -0.05) is 20.8 Å². The van der Waals surface area contributed by atoms with Gasteiger partial charge in [-0.25, -0.2) is 9.59 Å². The Morgan fingerprint density at radius 2 is 1.38 bits per heavy atom. The monoisotopic (exact) mass is 401 g/mol. The summed E-state index contributed by atoms with van der Waals surface area (Å²) in [7, 11) is 2.38. The molecule has 2 atom stereocenters. The first-order valence-electron chi connectivity index (χ1n) is 9.18. The van der Waals surface area contributed by atoms with Gasteiger partial charge in [-0.2, -0.15) is 0 Å².